The lowest BCUT2D eigenvalue weighted by Crippen LogP contribution is -2.48. The molecule has 176 valence electrons. The summed E-state index contributed by atoms with van der Waals surface area (Å²) in [6.07, 6.45) is 7.64. The summed E-state index contributed by atoms with van der Waals surface area (Å²) in [7, 11) is 0. The number of anilines is 1. The Hall–Kier alpha value is -1.99. The van der Waals surface area contributed by atoms with Crippen LogP contribution in [0.1, 0.15) is 44.9 Å². The number of hydrogen-bond donors (Lipinski definition) is 0. The predicted octanol–water partition coefficient (Wildman–Crippen LogP) is 4.01. The van der Waals surface area contributed by atoms with Gasteiger partial charge in [-0.25, -0.2) is 0 Å². The number of imide groups is 1. The average molecular weight is 467 g/mol. The van der Waals surface area contributed by atoms with Gasteiger partial charge in [0.15, 0.2) is 0 Å². The molecule has 4 fully saturated rings. The SMILES string of the molecule is O=C1C2CCCCC2C(=O)N1CC1CCCC1CN1CCN(c2nsc3ccccc23)CC1. The normalized spacial score (nSPS) is 31.0. The second-order valence-corrected chi connectivity index (χ2v) is 11.3. The molecule has 33 heavy (non-hydrogen) atoms. The van der Waals surface area contributed by atoms with Crippen molar-refractivity contribution in [1.82, 2.24) is 14.2 Å². The van der Waals surface area contributed by atoms with Gasteiger partial charge in [-0.1, -0.05) is 31.4 Å². The van der Waals surface area contributed by atoms with E-state index in [9.17, 15) is 9.59 Å². The predicted molar refractivity (Wildman–Crippen MR) is 131 cm³/mol. The van der Waals surface area contributed by atoms with E-state index in [2.05, 4.69) is 34.1 Å². The number of aromatic nitrogens is 1. The first-order valence-electron chi connectivity index (χ1n) is 12.9. The van der Waals surface area contributed by atoms with E-state index in [4.69, 9.17) is 4.37 Å². The molecule has 2 aliphatic heterocycles. The van der Waals surface area contributed by atoms with E-state index in [-0.39, 0.29) is 23.7 Å². The standard InChI is InChI=1S/C26H34N4O2S/c31-25-20-8-1-2-9-21(20)26(32)30(25)17-19-7-5-6-18(19)16-28-12-14-29(15-13-28)24-22-10-3-4-11-23(22)33-27-24/h3-4,10-11,18-21H,1-2,5-9,12-17H2. The summed E-state index contributed by atoms with van der Waals surface area (Å²) in [6, 6.07) is 8.51. The van der Waals surface area contributed by atoms with Crippen molar-refractivity contribution >= 4 is 39.3 Å². The summed E-state index contributed by atoms with van der Waals surface area (Å²) >= 11 is 1.59. The number of fused-ring (bicyclic) bond motifs is 2. The zero-order chi connectivity index (χ0) is 22.4. The Labute approximate surface area is 200 Å². The van der Waals surface area contributed by atoms with Crippen LogP contribution in [0.25, 0.3) is 10.1 Å². The van der Waals surface area contributed by atoms with Crippen molar-refractivity contribution in [2.24, 2.45) is 23.7 Å². The fourth-order valence-corrected chi connectivity index (χ4v) is 7.61. The summed E-state index contributed by atoms with van der Waals surface area (Å²) < 4.78 is 6.00. The highest BCUT2D eigenvalue weighted by molar-refractivity contribution is 7.13. The Bertz CT molecular complexity index is 1010. The molecule has 2 aromatic rings. The second kappa shape index (κ2) is 8.99. The van der Waals surface area contributed by atoms with E-state index in [1.54, 1.807) is 16.4 Å². The van der Waals surface area contributed by atoms with Crippen molar-refractivity contribution in [3.63, 3.8) is 0 Å². The van der Waals surface area contributed by atoms with E-state index < -0.39 is 0 Å². The van der Waals surface area contributed by atoms with Crippen LogP contribution in [0.3, 0.4) is 0 Å². The number of piperazine rings is 1. The van der Waals surface area contributed by atoms with Gasteiger partial charge in [-0.05, 0) is 61.2 Å². The maximum absolute atomic E-state index is 13.0. The number of carbonyl (C=O) groups is 2. The molecule has 0 bridgehead atoms. The highest BCUT2D eigenvalue weighted by atomic mass is 32.1. The molecular formula is C26H34N4O2S. The fourth-order valence-electron chi connectivity index (χ4n) is 6.81. The van der Waals surface area contributed by atoms with Gasteiger partial charge in [0.05, 0.1) is 16.5 Å². The van der Waals surface area contributed by atoms with E-state index >= 15 is 0 Å². The fraction of sp³-hybridized carbons (Fsp3) is 0.654. The van der Waals surface area contributed by atoms with Crippen LogP contribution in [-0.4, -0.2) is 65.3 Å². The van der Waals surface area contributed by atoms with E-state index in [1.165, 1.54) is 22.9 Å². The highest BCUT2D eigenvalue weighted by Crippen LogP contribution is 2.41. The molecule has 4 aliphatic rings. The lowest BCUT2D eigenvalue weighted by atomic mass is 9.81. The minimum absolute atomic E-state index is 0.0130. The van der Waals surface area contributed by atoms with Gasteiger partial charge in [-0.3, -0.25) is 19.4 Å². The number of amides is 2. The summed E-state index contributed by atoms with van der Waals surface area (Å²) in [5.74, 6) is 2.46. The van der Waals surface area contributed by atoms with Crippen molar-refractivity contribution in [2.75, 3.05) is 44.2 Å². The summed E-state index contributed by atoms with van der Waals surface area (Å²) in [6.45, 7) is 5.90. The number of likely N-dealkylation sites (tertiary alicyclic amines) is 1. The monoisotopic (exact) mass is 466 g/mol. The molecule has 1 aromatic carbocycles. The molecule has 6 rings (SSSR count). The molecule has 3 heterocycles. The van der Waals surface area contributed by atoms with Crippen molar-refractivity contribution in [3.8, 4) is 0 Å². The zero-order valence-electron chi connectivity index (χ0n) is 19.3. The van der Waals surface area contributed by atoms with Gasteiger partial charge < -0.3 is 4.90 Å². The lowest BCUT2D eigenvalue weighted by Gasteiger charge is -2.37. The number of carbonyl (C=O) groups excluding carboxylic acids is 2. The van der Waals surface area contributed by atoms with Crippen LogP contribution in [0.2, 0.25) is 0 Å². The molecule has 4 unspecified atom stereocenters. The zero-order valence-corrected chi connectivity index (χ0v) is 20.1. The number of rotatable bonds is 5. The Morgan fingerprint density at radius 1 is 0.818 bits per heavy atom. The molecule has 0 radical (unpaired) electrons. The molecule has 2 saturated carbocycles. The first-order chi connectivity index (χ1) is 16.2. The van der Waals surface area contributed by atoms with Gasteiger partial charge in [-0.2, -0.15) is 4.37 Å². The minimum Gasteiger partial charge on any atom is -0.353 e. The largest absolute Gasteiger partial charge is 0.353 e. The van der Waals surface area contributed by atoms with Crippen molar-refractivity contribution < 1.29 is 9.59 Å². The summed E-state index contributed by atoms with van der Waals surface area (Å²) in [4.78, 5) is 32.6. The van der Waals surface area contributed by atoms with Gasteiger partial charge in [0.2, 0.25) is 11.8 Å². The molecule has 0 N–H and O–H groups in total. The van der Waals surface area contributed by atoms with Crippen LogP contribution < -0.4 is 4.90 Å². The van der Waals surface area contributed by atoms with Crippen LogP contribution in [-0.2, 0) is 9.59 Å². The smallest absolute Gasteiger partial charge is 0.233 e. The molecular weight excluding hydrogens is 432 g/mol. The van der Waals surface area contributed by atoms with Gasteiger partial charge in [0, 0.05) is 44.7 Å². The maximum atomic E-state index is 13.0. The van der Waals surface area contributed by atoms with Gasteiger partial charge in [-0.15, -0.1) is 0 Å². The Morgan fingerprint density at radius 3 is 2.21 bits per heavy atom. The van der Waals surface area contributed by atoms with Crippen LogP contribution in [0.15, 0.2) is 24.3 Å². The van der Waals surface area contributed by atoms with Crippen LogP contribution in [0.4, 0.5) is 5.82 Å². The third-order valence-corrected chi connectivity index (χ3v) is 9.51. The minimum atomic E-state index is -0.0130. The molecule has 2 saturated heterocycles. The van der Waals surface area contributed by atoms with E-state index in [1.807, 2.05) is 0 Å². The molecule has 4 atom stereocenters. The Kier molecular flexibility index (Phi) is 5.87. The summed E-state index contributed by atoms with van der Waals surface area (Å²) in [5, 5.41) is 1.27. The molecule has 6 nitrogen and oxygen atoms in total. The second-order valence-electron chi connectivity index (χ2n) is 10.5. The van der Waals surface area contributed by atoms with Crippen molar-refractivity contribution in [1.29, 1.82) is 0 Å². The van der Waals surface area contributed by atoms with Crippen LogP contribution in [0.5, 0.6) is 0 Å². The molecule has 2 amide bonds. The van der Waals surface area contributed by atoms with Crippen molar-refractivity contribution in [2.45, 2.75) is 44.9 Å². The third kappa shape index (κ3) is 3.97. The Morgan fingerprint density at radius 2 is 1.48 bits per heavy atom. The van der Waals surface area contributed by atoms with Crippen LogP contribution >= 0.6 is 11.5 Å². The molecule has 7 heteroatoms. The first kappa shape index (κ1) is 21.5. The van der Waals surface area contributed by atoms with Gasteiger partial charge in [0.25, 0.3) is 0 Å². The van der Waals surface area contributed by atoms with Gasteiger partial charge in [0.1, 0.15) is 5.82 Å². The van der Waals surface area contributed by atoms with Crippen LogP contribution in [0, 0.1) is 23.7 Å². The highest BCUT2D eigenvalue weighted by Gasteiger charge is 2.49. The molecule has 2 aliphatic carbocycles. The number of hydrogen-bond acceptors (Lipinski definition) is 6. The summed E-state index contributed by atoms with van der Waals surface area (Å²) in [5.41, 5.74) is 0. The number of nitrogens with zero attached hydrogens (tertiary/aromatic N) is 4. The quantitative estimate of drug-likeness (QED) is 0.623. The molecule has 0 spiro atoms. The third-order valence-electron chi connectivity index (χ3n) is 8.69. The lowest BCUT2D eigenvalue weighted by molar-refractivity contribution is -0.140. The molecule has 1 aromatic heterocycles. The maximum Gasteiger partial charge on any atom is 0.233 e. The number of benzene rings is 1. The first-order valence-corrected chi connectivity index (χ1v) is 13.6. The topological polar surface area (TPSA) is 56.8 Å². The van der Waals surface area contributed by atoms with E-state index in [0.29, 0.717) is 18.4 Å². The Balaban J connectivity index is 1.05. The average Bonchev–Trinajstić information content (AvgIpc) is 3.54. The van der Waals surface area contributed by atoms with Gasteiger partial charge >= 0.3 is 0 Å². The van der Waals surface area contributed by atoms with E-state index in [0.717, 1.165) is 70.6 Å². The van der Waals surface area contributed by atoms with Crippen molar-refractivity contribution in [3.05, 3.63) is 24.3 Å².